The summed E-state index contributed by atoms with van der Waals surface area (Å²) in [5, 5.41) is 6.70. The standard InChI is InChI=1S/C23H39N5O4.HI/c1-5-32-21-17-19(8-9-20(21)30-4)7-6-10-24-23(26-18-22(29)27(2)3)25-11-12-28-13-15-31-16-14-28;/h8-9,17H,5-7,10-16,18H2,1-4H3,(H2,24,25,26);1H. The highest BCUT2D eigenvalue weighted by atomic mass is 127. The Morgan fingerprint density at radius 2 is 1.91 bits per heavy atom. The summed E-state index contributed by atoms with van der Waals surface area (Å²) in [4.78, 5) is 20.3. The smallest absolute Gasteiger partial charge is 0.243 e. The Morgan fingerprint density at radius 3 is 2.58 bits per heavy atom. The molecule has 0 radical (unpaired) electrons. The molecular formula is C23H40IN5O4. The molecule has 0 bridgehead atoms. The van der Waals surface area contributed by atoms with Gasteiger partial charge in [-0.3, -0.25) is 9.69 Å². The molecule has 1 saturated heterocycles. The maximum atomic E-state index is 11.9. The molecule has 0 aliphatic carbocycles. The van der Waals surface area contributed by atoms with E-state index in [2.05, 4.69) is 26.6 Å². The molecule has 1 aliphatic rings. The minimum atomic E-state index is -0.0269. The molecule has 1 amide bonds. The first-order chi connectivity index (χ1) is 15.5. The van der Waals surface area contributed by atoms with Gasteiger partial charge >= 0.3 is 0 Å². The minimum absolute atomic E-state index is 0. The summed E-state index contributed by atoms with van der Waals surface area (Å²) in [7, 11) is 5.12. The number of halogens is 1. The Morgan fingerprint density at radius 1 is 1.18 bits per heavy atom. The molecule has 0 aromatic heterocycles. The van der Waals surface area contributed by atoms with E-state index in [4.69, 9.17) is 14.2 Å². The normalized spacial score (nSPS) is 14.2. The molecule has 1 heterocycles. The number of benzene rings is 1. The summed E-state index contributed by atoms with van der Waals surface area (Å²) in [5.74, 6) is 2.16. The van der Waals surface area contributed by atoms with Gasteiger partial charge in [-0.1, -0.05) is 6.07 Å². The average molecular weight is 578 g/mol. The predicted octanol–water partition coefficient (Wildman–Crippen LogP) is 1.60. The highest BCUT2D eigenvalue weighted by Gasteiger charge is 2.10. The SMILES string of the molecule is CCOc1cc(CCCNC(=NCC(=O)N(C)C)NCCN2CCOCC2)ccc1OC.I. The third-order valence-corrected chi connectivity index (χ3v) is 5.16. The number of guanidine groups is 1. The van der Waals surface area contributed by atoms with Gasteiger partial charge < -0.3 is 29.7 Å². The molecule has 1 aromatic rings. The van der Waals surface area contributed by atoms with Crippen LogP contribution in [0.3, 0.4) is 0 Å². The van der Waals surface area contributed by atoms with Gasteiger partial charge in [0.25, 0.3) is 0 Å². The third kappa shape index (κ3) is 11.3. The van der Waals surface area contributed by atoms with Crippen molar-refractivity contribution in [1.82, 2.24) is 20.4 Å². The quantitative estimate of drug-likeness (QED) is 0.169. The molecule has 1 aliphatic heterocycles. The minimum Gasteiger partial charge on any atom is -0.493 e. The van der Waals surface area contributed by atoms with E-state index in [9.17, 15) is 4.79 Å². The lowest BCUT2D eigenvalue weighted by Gasteiger charge is -2.26. The van der Waals surface area contributed by atoms with Gasteiger partial charge in [0.15, 0.2) is 17.5 Å². The second kappa shape index (κ2) is 16.8. The van der Waals surface area contributed by atoms with Gasteiger partial charge in [0.05, 0.1) is 26.9 Å². The number of morpholine rings is 1. The topological polar surface area (TPSA) is 87.7 Å². The van der Waals surface area contributed by atoms with Crippen molar-refractivity contribution in [3.8, 4) is 11.5 Å². The molecule has 2 N–H and O–H groups in total. The van der Waals surface area contributed by atoms with Crippen LogP contribution in [0.4, 0.5) is 0 Å². The lowest BCUT2D eigenvalue weighted by Crippen LogP contribution is -2.45. The van der Waals surface area contributed by atoms with Crippen molar-refractivity contribution in [1.29, 1.82) is 0 Å². The van der Waals surface area contributed by atoms with Gasteiger partial charge in [-0.05, 0) is 37.5 Å². The van der Waals surface area contributed by atoms with E-state index >= 15 is 0 Å². The number of amides is 1. The van der Waals surface area contributed by atoms with Crippen molar-refractivity contribution in [3.05, 3.63) is 23.8 Å². The maximum Gasteiger partial charge on any atom is 0.243 e. The highest BCUT2D eigenvalue weighted by Crippen LogP contribution is 2.28. The lowest BCUT2D eigenvalue weighted by atomic mass is 10.1. The zero-order valence-corrected chi connectivity index (χ0v) is 22.7. The fraction of sp³-hybridized carbons (Fsp3) is 0.652. The van der Waals surface area contributed by atoms with Crippen molar-refractivity contribution in [2.75, 3.05) is 80.3 Å². The van der Waals surface area contributed by atoms with Crippen LogP contribution in [-0.2, 0) is 16.0 Å². The maximum absolute atomic E-state index is 11.9. The molecule has 0 saturated carbocycles. The number of likely N-dealkylation sites (N-methyl/N-ethyl adjacent to an activating group) is 1. The molecule has 9 nitrogen and oxygen atoms in total. The fourth-order valence-corrected chi connectivity index (χ4v) is 3.26. The van der Waals surface area contributed by atoms with E-state index in [0.29, 0.717) is 12.6 Å². The number of nitrogens with zero attached hydrogens (tertiary/aromatic N) is 3. The summed E-state index contributed by atoms with van der Waals surface area (Å²) < 4.78 is 16.4. The van der Waals surface area contributed by atoms with Crippen molar-refractivity contribution < 1.29 is 19.0 Å². The van der Waals surface area contributed by atoms with Gasteiger partial charge in [-0.15, -0.1) is 24.0 Å². The molecule has 33 heavy (non-hydrogen) atoms. The molecule has 10 heteroatoms. The van der Waals surface area contributed by atoms with E-state index < -0.39 is 0 Å². The van der Waals surface area contributed by atoms with Crippen molar-refractivity contribution >= 4 is 35.8 Å². The van der Waals surface area contributed by atoms with Crippen LogP contribution in [0, 0.1) is 0 Å². The second-order valence-electron chi connectivity index (χ2n) is 7.78. The van der Waals surface area contributed by atoms with Crippen LogP contribution in [0.25, 0.3) is 0 Å². The van der Waals surface area contributed by atoms with Gasteiger partial charge in [0, 0.05) is 46.8 Å². The molecule has 1 aromatic carbocycles. The van der Waals surface area contributed by atoms with Crippen molar-refractivity contribution in [2.24, 2.45) is 4.99 Å². The molecule has 1 fully saturated rings. The van der Waals surface area contributed by atoms with Crippen LogP contribution < -0.4 is 20.1 Å². The molecule has 2 rings (SSSR count). The van der Waals surface area contributed by atoms with Crippen LogP contribution in [-0.4, -0.2) is 102 Å². The van der Waals surface area contributed by atoms with Crippen molar-refractivity contribution in [3.63, 3.8) is 0 Å². The molecular weight excluding hydrogens is 537 g/mol. The van der Waals surface area contributed by atoms with Crippen LogP contribution >= 0.6 is 24.0 Å². The number of carbonyl (C=O) groups is 1. The van der Waals surface area contributed by atoms with Crippen LogP contribution in [0.2, 0.25) is 0 Å². The van der Waals surface area contributed by atoms with Gasteiger partial charge in [0.1, 0.15) is 6.54 Å². The Balaban J connectivity index is 0.00000544. The number of aliphatic imine (C=N–C) groups is 1. The number of hydrogen-bond acceptors (Lipinski definition) is 6. The zero-order chi connectivity index (χ0) is 23.2. The third-order valence-electron chi connectivity index (χ3n) is 5.16. The fourth-order valence-electron chi connectivity index (χ4n) is 3.26. The van der Waals surface area contributed by atoms with Crippen molar-refractivity contribution in [2.45, 2.75) is 19.8 Å². The van der Waals surface area contributed by atoms with E-state index in [1.807, 2.05) is 19.1 Å². The van der Waals surface area contributed by atoms with Gasteiger partial charge in [-0.2, -0.15) is 0 Å². The summed E-state index contributed by atoms with van der Waals surface area (Å²) >= 11 is 0. The summed E-state index contributed by atoms with van der Waals surface area (Å²) in [6.07, 6.45) is 1.82. The Hall–Kier alpha value is -1.79. The van der Waals surface area contributed by atoms with Crippen LogP contribution in [0.5, 0.6) is 11.5 Å². The van der Waals surface area contributed by atoms with Crippen LogP contribution in [0.15, 0.2) is 23.2 Å². The number of methoxy groups -OCH3 is 1. The molecule has 0 unspecified atom stereocenters. The predicted molar refractivity (Wildman–Crippen MR) is 142 cm³/mol. The lowest BCUT2D eigenvalue weighted by molar-refractivity contribution is -0.127. The Bertz CT molecular complexity index is 727. The second-order valence-corrected chi connectivity index (χ2v) is 7.78. The zero-order valence-electron chi connectivity index (χ0n) is 20.4. The van der Waals surface area contributed by atoms with E-state index in [1.54, 1.807) is 26.1 Å². The first-order valence-electron chi connectivity index (χ1n) is 11.4. The monoisotopic (exact) mass is 577 g/mol. The van der Waals surface area contributed by atoms with Gasteiger partial charge in [0.2, 0.25) is 5.91 Å². The first kappa shape index (κ1) is 29.2. The van der Waals surface area contributed by atoms with E-state index in [1.165, 1.54) is 5.56 Å². The summed E-state index contributed by atoms with van der Waals surface area (Å²) in [6.45, 7) is 8.58. The molecule has 188 valence electrons. The number of hydrogen-bond donors (Lipinski definition) is 2. The van der Waals surface area contributed by atoms with Crippen LogP contribution in [0.1, 0.15) is 18.9 Å². The number of ether oxygens (including phenoxy) is 3. The largest absolute Gasteiger partial charge is 0.493 e. The van der Waals surface area contributed by atoms with E-state index in [0.717, 1.165) is 70.3 Å². The Labute approximate surface area is 215 Å². The number of rotatable bonds is 12. The first-order valence-corrected chi connectivity index (χ1v) is 11.4. The summed E-state index contributed by atoms with van der Waals surface area (Å²) in [6, 6.07) is 6.04. The number of nitrogens with one attached hydrogen (secondary N) is 2. The molecule has 0 spiro atoms. The Kier molecular flexibility index (Phi) is 14.9. The highest BCUT2D eigenvalue weighted by molar-refractivity contribution is 14.0. The number of carbonyl (C=O) groups excluding carboxylic acids is 1. The van der Waals surface area contributed by atoms with Gasteiger partial charge in [-0.25, -0.2) is 4.99 Å². The number of aryl methyl sites for hydroxylation is 1. The molecule has 0 atom stereocenters. The van der Waals surface area contributed by atoms with E-state index in [-0.39, 0.29) is 36.4 Å². The average Bonchev–Trinajstić information content (AvgIpc) is 2.80. The summed E-state index contributed by atoms with van der Waals surface area (Å²) in [5.41, 5.74) is 1.19.